The summed E-state index contributed by atoms with van der Waals surface area (Å²) in [4.78, 5) is 11.9. The lowest BCUT2D eigenvalue weighted by Crippen LogP contribution is -2.37. The first kappa shape index (κ1) is 19.9. The van der Waals surface area contributed by atoms with Crippen LogP contribution in [0.15, 0.2) is 59.5 Å². The molecule has 7 heteroatoms. The van der Waals surface area contributed by atoms with Crippen molar-refractivity contribution in [1.82, 2.24) is 10.6 Å². The van der Waals surface area contributed by atoms with Gasteiger partial charge < -0.3 is 10.6 Å². The maximum absolute atomic E-state index is 11.8. The normalized spacial score (nSPS) is 12.4. The molecule has 1 atom stereocenters. The highest BCUT2D eigenvalue weighted by Crippen LogP contribution is 2.17. The number of urea groups is 1. The monoisotopic (exact) mass is 375 g/mol. The van der Waals surface area contributed by atoms with Crippen LogP contribution in [0.1, 0.15) is 30.4 Å². The van der Waals surface area contributed by atoms with Crippen molar-refractivity contribution >= 4 is 16.1 Å². The van der Waals surface area contributed by atoms with Crippen molar-refractivity contribution in [1.29, 1.82) is 0 Å². The van der Waals surface area contributed by atoms with E-state index >= 15 is 0 Å². The van der Waals surface area contributed by atoms with Gasteiger partial charge in [0.25, 0.3) is 0 Å². The Balaban J connectivity index is 1.66. The third kappa shape index (κ3) is 6.50. The van der Waals surface area contributed by atoms with Crippen LogP contribution in [-0.2, 0) is 16.4 Å². The number of amides is 2. The van der Waals surface area contributed by atoms with Gasteiger partial charge in [0.15, 0.2) is 0 Å². The molecule has 0 aliphatic heterocycles. The first-order valence-electron chi connectivity index (χ1n) is 8.54. The fraction of sp³-hybridized carbons (Fsp3) is 0.316. The van der Waals surface area contributed by atoms with Gasteiger partial charge in [-0.05, 0) is 42.0 Å². The Morgan fingerprint density at radius 3 is 2.23 bits per heavy atom. The minimum atomic E-state index is -3.67. The second-order valence-corrected chi connectivity index (χ2v) is 7.78. The van der Waals surface area contributed by atoms with Crippen LogP contribution in [0.2, 0.25) is 0 Å². The summed E-state index contributed by atoms with van der Waals surface area (Å²) in [5, 5.41) is 10.7. The van der Waals surface area contributed by atoms with E-state index in [9.17, 15) is 13.2 Å². The van der Waals surface area contributed by atoms with Crippen molar-refractivity contribution in [2.24, 2.45) is 5.14 Å². The quantitative estimate of drug-likeness (QED) is 0.660. The topological polar surface area (TPSA) is 101 Å². The zero-order valence-electron chi connectivity index (χ0n) is 14.8. The van der Waals surface area contributed by atoms with Gasteiger partial charge in [0.1, 0.15) is 0 Å². The lowest BCUT2D eigenvalue weighted by molar-refractivity contribution is 0.240. The van der Waals surface area contributed by atoms with Crippen LogP contribution in [0.4, 0.5) is 4.79 Å². The van der Waals surface area contributed by atoms with Crippen molar-refractivity contribution in [3.05, 3.63) is 65.7 Å². The number of rotatable bonds is 8. The van der Waals surface area contributed by atoms with Crippen LogP contribution in [0, 0.1) is 0 Å². The van der Waals surface area contributed by atoms with Gasteiger partial charge in [-0.25, -0.2) is 18.4 Å². The van der Waals surface area contributed by atoms with E-state index in [0.717, 1.165) is 12.0 Å². The molecule has 0 aromatic heterocycles. The first-order chi connectivity index (χ1) is 12.4. The highest BCUT2D eigenvalue weighted by atomic mass is 32.2. The molecule has 0 bridgehead atoms. The van der Waals surface area contributed by atoms with Crippen molar-refractivity contribution < 1.29 is 13.2 Å². The van der Waals surface area contributed by atoms with E-state index in [0.29, 0.717) is 25.4 Å². The predicted octanol–water partition coefficient (Wildman–Crippen LogP) is 2.37. The molecule has 0 aliphatic carbocycles. The molecule has 0 unspecified atom stereocenters. The second kappa shape index (κ2) is 9.35. The molecule has 0 saturated heterocycles. The minimum absolute atomic E-state index is 0.0829. The fourth-order valence-corrected chi connectivity index (χ4v) is 3.09. The third-order valence-electron chi connectivity index (χ3n) is 4.18. The van der Waals surface area contributed by atoms with E-state index in [1.54, 1.807) is 12.1 Å². The molecule has 4 N–H and O–H groups in total. The molecule has 2 aromatic carbocycles. The molecule has 2 aromatic rings. The summed E-state index contributed by atoms with van der Waals surface area (Å²) in [5.41, 5.74) is 2.19. The average Bonchev–Trinajstić information content (AvgIpc) is 2.62. The Bertz CT molecular complexity index is 806. The molecule has 0 fully saturated rings. The van der Waals surface area contributed by atoms with Crippen molar-refractivity contribution in [3.8, 4) is 0 Å². The number of nitrogens with two attached hydrogens (primary N) is 1. The summed E-state index contributed by atoms with van der Waals surface area (Å²) in [6, 6.07) is 16.3. The molecule has 0 aliphatic rings. The van der Waals surface area contributed by atoms with Crippen LogP contribution in [0.25, 0.3) is 0 Å². The van der Waals surface area contributed by atoms with Gasteiger partial charge in [0, 0.05) is 13.1 Å². The highest BCUT2D eigenvalue weighted by Gasteiger charge is 2.08. The first-order valence-corrected chi connectivity index (χ1v) is 10.1. The number of hydrogen-bond acceptors (Lipinski definition) is 3. The predicted molar refractivity (Wildman–Crippen MR) is 102 cm³/mol. The van der Waals surface area contributed by atoms with Gasteiger partial charge >= 0.3 is 6.03 Å². The SMILES string of the molecule is C[C@H](CCNC(=O)NCCc1ccc(S(N)(=O)=O)cc1)c1ccccc1. The Hall–Kier alpha value is -2.38. The summed E-state index contributed by atoms with van der Waals surface area (Å²) in [6.45, 7) is 3.21. The smallest absolute Gasteiger partial charge is 0.314 e. The van der Waals surface area contributed by atoms with E-state index in [4.69, 9.17) is 5.14 Å². The Morgan fingerprint density at radius 1 is 1.00 bits per heavy atom. The minimum Gasteiger partial charge on any atom is -0.338 e. The third-order valence-corrected chi connectivity index (χ3v) is 5.11. The van der Waals surface area contributed by atoms with Gasteiger partial charge in [-0.15, -0.1) is 0 Å². The number of primary sulfonamides is 1. The molecule has 6 nitrogen and oxygen atoms in total. The van der Waals surface area contributed by atoms with E-state index < -0.39 is 10.0 Å². The van der Waals surface area contributed by atoms with Crippen molar-refractivity contribution in [3.63, 3.8) is 0 Å². The van der Waals surface area contributed by atoms with E-state index in [1.807, 2.05) is 18.2 Å². The van der Waals surface area contributed by atoms with Gasteiger partial charge in [-0.3, -0.25) is 0 Å². The maximum atomic E-state index is 11.8. The molecule has 2 amide bonds. The number of hydrogen-bond donors (Lipinski definition) is 3. The average molecular weight is 375 g/mol. The van der Waals surface area contributed by atoms with Crippen LogP contribution >= 0.6 is 0 Å². The van der Waals surface area contributed by atoms with Crippen LogP contribution in [0.3, 0.4) is 0 Å². The number of carbonyl (C=O) groups is 1. The van der Waals surface area contributed by atoms with E-state index in [1.165, 1.54) is 17.7 Å². The number of nitrogens with one attached hydrogen (secondary N) is 2. The molecule has 2 rings (SSSR count). The second-order valence-electron chi connectivity index (χ2n) is 6.22. The zero-order valence-corrected chi connectivity index (χ0v) is 15.6. The summed E-state index contributed by atoms with van der Waals surface area (Å²) >= 11 is 0. The summed E-state index contributed by atoms with van der Waals surface area (Å²) in [5.74, 6) is 0.383. The van der Waals surface area contributed by atoms with Crippen LogP contribution in [0.5, 0.6) is 0 Å². The number of carbonyl (C=O) groups excluding carboxylic acids is 1. The van der Waals surface area contributed by atoms with Crippen molar-refractivity contribution in [2.45, 2.75) is 30.6 Å². The highest BCUT2D eigenvalue weighted by molar-refractivity contribution is 7.89. The van der Waals surface area contributed by atoms with Gasteiger partial charge in [-0.2, -0.15) is 0 Å². The summed E-state index contributed by atoms with van der Waals surface area (Å²) in [7, 11) is -3.67. The lowest BCUT2D eigenvalue weighted by atomic mass is 9.98. The Labute approximate surface area is 154 Å². The standard InChI is InChI=1S/C19H25N3O3S/c1-15(17-5-3-2-4-6-17)11-13-21-19(23)22-14-12-16-7-9-18(10-8-16)26(20,24)25/h2-10,15H,11-14H2,1H3,(H2,20,24,25)(H2,21,22,23)/t15-/m1/s1. The zero-order chi connectivity index (χ0) is 19.0. The van der Waals surface area contributed by atoms with Gasteiger partial charge in [-0.1, -0.05) is 49.4 Å². The van der Waals surface area contributed by atoms with Crippen LogP contribution in [-0.4, -0.2) is 27.5 Å². The van der Waals surface area contributed by atoms with Gasteiger partial charge in [0.2, 0.25) is 10.0 Å². The molecule has 0 spiro atoms. The Kier molecular flexibility index (Phi) is 7.17. The fourth-order valence-electron chi connectivity index (χ4n) is 2.58. The maximum Gasteiger partial charge on any atom is 0.314 e. The molecule has 0 heterocycles. The summed E-state index contributed by atoms with van der Waals surface area (Å²) < 4.78 is 22.4. The van der Waals surface area contributed by atoms with Gasteiger partial charge in [0.05, 0.1) is 4.90 Å². The molecule has 26 heavy (non-hydrogen) atoms. The van der Waals surface area contributed by atoms with Crippen molar-refractivity contribution in [2.75, 3.05) is 13.1 Å². The van der Waals surface area contributed by atoms with Crippen LogP contribution < -0.4 is 15.8 Å². The number of benzene rings is 2. The molecule has 140 valence electrons. The van der Waals surface area contributed by atoms with E-state index in [2.05, 4.69) is 29.7 Å². The molecular formula is C19H25N3O3S. The molecule has 0 radical (unpaired) electrons. The molecular weight excluding hydrogens is 350 g/mol. The van der Waals surface area contributed by atoms with E-state index in [-0.39, 0.29) is 10.9 Å². The number of sulfonamides is 1. The summed E-state index contributed by atoms with van der Waals surface area (Å²) in [6.07, 6.45) is 1.48. The Morgan fingerprint density at radius 2 is 1.62 bits per heavy atom. The lowest BCUT2D eigenvalue weighted by Gasteiger charge is -2.13. The largest absolute Gasteiger partial charge is 0.338 e. The molecule has 0 saturated carbocycles.